The van der Waals surface area contributed by atoms with Crippen molar-refractivity contribution in [3.05, 3.63) is 59.4 Å². The Morgan fingerprint density at radius 2 is 2.07 bits per heavy atom. The van der Waals surface area contributed by atoms with Crippen LogP contribution in [0.25, 0.3) is 0 Å². The summed E-state index contributed by atoms with van der Waals surface area (Å²) in [6, 6.07) is 11.8. The average Bonchev–Trinajstić information content (AvgIpc) is 2.74. The third-order valence-electron chi connectivity index (χ3n) is 5.21. The molecule has 2 aromatic rings. The smallest absolute Gasteiger partial charge is 0.343 e. The molecule has 1 unspecified atom stereocenters. The van der Waals surface area contributed by atoms with Crippen LogP contribution in [0.5, 0.6) is 5.75 Å². The first-order chi connectivity index (χ1) is 14.4. The van der Waals surface area contributed by atoms with Crippen LogP contribution in [0, 0.1) is 18.7 Å². The normalized spacial score (nSPS) is 16.7. The molecule has 1 N–H and O–H groups in total. The van der Waals surface area contributed by atoms with Gasteiger partial charge >= 0.3 is 5.97 Å². The molecule has 1 aliphatic heterocycles. The van der Waals surface area contributed by atoms with Crippen molar-refractivity contribution in [3.8, 4) is 5.75 Å². The van der Waals surface area contributed by atoms with Crippen molar-refractivity contribution in [2.45, 2.75) is 26.3 Å². The zero-order valence-corrected chi connectivity index (χ0v) is 17.3. The quantitative estimate of drug-likeness (QED) is 0.702. The summed E-state index contributed by atoms with van der Waals surface area (Å²) in [5.41, 5.74) is 2.47. The lowest BCUT2D eigenvalue weighted by atomic mass is 9.96. The van der Waals surface area contributed by atoms with E-state index in [1.54, 1.807) is 24.3 Å². The average molecular weight is 414 g/mol. The lowest BCUT2D eigenvalue weighted by Gasteiger charge is -2.32. The molecular weight excluding hydrogens is 387 g/mol. The van der Waals surface area contributed by atoms with Crippen molar-refractivity contribution < 1.29 is 23.5 Å². The Morgan fingerprint density at radius 1 is 1.23 bits per heavy atom. The van der Waals surface area contributed by atoms with Gasteiger partial charge in [0.15, 0.2) is 6.61 Å². The Bertz CT molecular complexity index is 903. The maximum Gasteiger partial charge on any atom is 0.343 e. The van der Waals surface area contributed by atoms with Crippen LogP contribution in [-0.2, 0) is 20.9 Å². The predicted octanol–water partition coefficient (Wildman–Crippen LogP) is 3.54. The molecule has 0 bridgehead atoms. The molecule has 1 fully saturated rings. The number of benzene rings is 2. The van der Waals surface area contributed by atoms with Gasteiger partial charge in [0.2, 0.25) is 5.91 Å². The van der Waals surface area contributed by atoms with Crippen LogP contribution in [0.3, 0.4) is 0 Å². The molecule has 1 aliphatic rings. The molecule has 0 spiro atoms. The van der Waals surface area contributed by atoms with Gasteiger partial charge in [-0.2, -0.15) is 0 Å². The highest BCUT2D eigenvalue weighted by molar-refractivity contribution is 5.93. The third kappa shape index (κ3) is 6.03. The first kappa shape index (κ1) is 21.8. The molecule has 0 aliphatic carbocycles. The molecule has 160 valence electrons. The summed E-state index contributed by atoms with van der Waals surface area (Å²) in [7, 11) is 1.31. The van der Waals surface area contributed by atoms with E-state index in [4.69, 9.17) is 4.74 Å². The molecule has 0 saturated carbocycles. The summed E-state index contributed by atoms with van der Waals surface area (Å²) < 4.78 is 23.4. The van der Waals surface area contributed by atoms with Gasteiger partial charge in [-0.25, -0.2) is 9.18 Å². The van der Waals surface area contributed by atoms with E-state index in [1.165, 1.54) is 19.2 Å². The molecule has 0 aromatic heterocycles. The molecule has 7 heteroatoms. The Labute approximate surface area is 176 Å². The Morgan fingerprint density at radius 3 is 2.80 bits per heavy atom. The monoisotopic (exact) mass is 414 g/mol. The largest absolute Gasteiger partial charge is 0.482 e. The summed E-state index contributed by atoms with van der Waals surface area (Å²) in [6.45, 7) is 3.88. The standard InChI is InChI=1S/C23H27FN2O4/c1-16-11-20(30-15-22(27)29-2)8-9-21(16)25-23(28)18-6-4-10-26(14-18)13-17-5-3-7-19(24)12-17/h3,5,7-9,11-12,18H,4,6,10,13-15H2,1-2H3,(H,25,28). The maximum atomic E-state index is 13.4. The van der Waals surface area contributed by atoms with Gasteiger partial charge in [-0.1, -0.05) is 12.1 Å². The number of rotatable bonds is 7. The number of carbonyl (C=O) groups excluding carboxylic acids is 2. The summed E-state index contributed by atoms with van der Waals surface area (Å²) in [5.74, 6) is -0.305. The van der Waals surface area contributed by atoms with Crippen LogP contribution in [0.1, 0.15) is 24.0 Å². The summed E-state index contributed by atoms with van der Waals surface area (Å²) >= 11 is 0. The number of nitrogens with one attached hydrogen (secondary N) is 1. The number of halogens is 1. The van der Waals surface area contributed by atoms with Crippen molar-refractivity contribution in [2.24, 2.45) is 5.92 Å². The topological polar surface area (TPSA) is 67.9 Å². The number of anilines is 1. The molecular formula is C23H27FN2O4. The SMILES string of the molecule is COC(=O)COc1ccc(NC(=O)C2CCCN(Cc3cccc(F)c3)C2)c(C)c1. The minimum atomic E-state index is -0.454. The summed E-state index contributed by atoms with van der Waals surface area (Å²) in [5, 5.41) is 3.00. The first-order valence-electron chi connectivity index (χ1n) is 10.0. The number of piperidine rings is 1. The number of hydrogen-bond donors (Lipinski definition) is 1. The van der Waals surface area contributed by atoms with E-state index in [2.05, 4.69) is 15.0 Å². The lowest BCUT2D eigenvalue weighted by molar-refractivity contribution is -0.142. The van der Waals surface area contributed by atoms with Gasteiger partial charge in [0.1, 0.15) is 11.6 Å². The number of esters is 1. The van der Waals surface area contributed by atoms with Crippen LogP contribution < -0.4 is 10.1 Å². The van der Waals surface area contributed by atoms with Crippen molar-refractivity contribution in [1.82, 2.24) is 4.90 Å². The number of methoxy groups -OCH3 is 1. The van der Waals surface area contributed by atoms with Gasteiger partial charge in [0.05, 0.1) is 13.0 Å². The molecule has 6 nitrogen and oxygen atoms in total. The van der Waals surface area contributed by atoms with Crippen LogP contribution in [0.2, 0.25) is 0 Å². The first-order valence-corrected chi connectivity index (χ1v) is 10.0. The molecule has 1 amide bonds. The molecule has 1 heterocycles. The zero-order valence-electron chi connectivity index (χ0n) is 17.3. The second-order valence-corrected chi connectivity index (χ2v) is 7.53. The van der Waals surface area contributed by atoms with Crippen molar-refractivity contribution >= 4 is 17.6 Å². The van der Waals surface area contributed by atoms with Crippen LogP contribution in [-0.4, -0.2) is 43.6 Å². The van der Waals surface area contributed by atoms with Crippen LogP contribution in [0.15, 0.2) is 42.5 Å². The van der Waals surface area contributed by atoms with Gasteiger partial charge in [0, 0.05) is 18.8 Å². The molecule has 0 radical (unpaired) electrons. The number of carbonyl (C=O) groups is 2. The molecule has 3 rings (SSSR count). The summed E-state index contributed by atoms with van der Waals surface area (Å²) in [4.78, 5) is 26.2. The lowest BCUT2D eigenvalue weighted by Crippen LogP contribution is -2.40. The molecule has 2 aromatic carbocycles. The van der Waals surface area contributed by atoms with Crippen molar-refractivity contribution in [1.29, 1.82) is 0 Å². The maximum absolute atomic E-state index is 13.4. The Kier molecular flexibility index (Phi) is 7.41. The minimum absolute atomic E-state index is 0.0229. The highest BCUT2D eigenvalue weighted by Gasteiger charge is 2.26. The molecule has 30 heavy (non-hydrogen) atoms. The number of hydrogen-bond acceptors (Lipinski definition) is 5. The van der Waals surface area contributed by atoms with E-state index in [9.17, 15) is 14.0 Å². The fourth-order valence-electron chi connectivity index (χ4n) is 3.61. The van der Waals surface area contributed by atoms with Gasteiger partial charge in [-0.15, -0.1) is 0 Å². The number of likely N-dealkylation sites (tertiary alicyclic amines) is 1. The van der Waals surface area contributed by atoms with E-state index in [0.29, 0.717) is 24.5 Å². The number of amides is 1. The summed E-state index contributed by atoms with van der Waals surface area (Å²) in [6.07, 6.45) is 1.75. The van der Waals surface area contributed by atoms with E-state index >= 15 is 0 Å². The van der Waals surface area contributed by atoms with Gasteiger partial charge in [0.25, 0.3) is 0 Å². The third-order valence-corrected chi connectivity index (χ3v) is 5.21. The Hall–Kier alpha value is -2.93. The minimum Gasteiger partial charge on any atom is -0.482 e. The highest BCUT2D eigenvalue weighted by atomic mass is 19.1. The van der Waals surface area contributed by atoms with Gasteiger partial charge < -0.3 is 14.8 Å². The van der Waals surface area contributed by atoms with Crippen molar-refractivity contribution in [3.63, 3.8) is 0 Å². The molecule has 1 atom stereocenters. The fourth-order valence-corrected chi connectivity index (χ4v) is 3.61. The van der Waals surface area contributed by atoms with Crippen molar-refractivity contribution in [2.75, 3.05) is 32.1 Å². The number of aryl methyl sites for hydroxylation is 1. The van der Waals surface area contributed by atoms with E-state index in [0.717, 1.165) is 30.5 Å². The van der Waals surface area contributed by atoms with Gasteiger partial charge in [-0.3, -0.25) is 9.69 Å². The Balaban J connectivity index is 1.56. The van der Waals surface area contributed by atoms with E-state index in [1.807, 2.05) is 13.0 Å². The number of nitrogens with zero attached hydrogens (tertiary/aromatic N) is 1. The molecule has 1 saturated heterocycles. The second-order valence-electron chi connectivity index (χ2n) is 7.53. The van der Waals surface area contributed by atoms with Crippen LogP contribution in [0.4, 0.5) is 10.1 Å². The number of ether oxygens (including phenoxy) is 2. The second kappa shape index (κ2) is 10.2. The van der Waals surface area contributed by atoms with Crippen LogP contribution >= 0.6 is 0 Å². The van der Waals surface area contributed by atoms with Gasteiger partial charge in [-0.05, 0) is 67.8 Å². The van der Waals surface area contributed by atoms with E-state index < -0.39 is 5.97 Å². The van der Waals surface area contributed by atoms with E-state index in [-0.39, 0.29) is 24.2 Å². The highest BCUT2D eigenvalue weighted by Crippen LogP contribution is 2.24. The zero-order chi connectivity index (χ0) is 21.5. The fraction of sp³-hybridized carbons (Fsp3) is 0.391. The predicted molar refractivity (Wildman–Crippen MR) is 112 cm³/mol.